The molecule has 2 fully saturated rings. The van der Waals surface area contributed by atoms with Crippen LogP contribution in [0.1, 0.15) is 58.3 Å². The van der Waals surface area contributed by atoms with Crippen LogP contribution in [-0.2, 0) is 4.74 Å². The van der Waals surface area contributed by atoms with E-state index in [0.717, 1.165) is 24.4 Å². The Morgan fingerprint density at radius 1 is 0.941 bits per heavy atom. The maximum atomic E-state index is 5.74. The van der Waals surface area contributed by atoms with E-state index in [0.29, 0.717) is 6.10 Å². The highest BCUT2D eigenvalue weighted by molar-refractivity contribution is 4.87. The fourth-order valence-electron chi connectivity index (χ4n) is 3.81. The summed E-state index contributed by atoms with van der Waals surface area (Å²) in [5, 5.41) is 0. The number of hydrogen-bond acceptors (Lipinski definition) is 1. The van der Waals surface area contributed by atoms with Gasteiger partial charge in [-0.25, -0.2) is 0 Å². The summed E-state index contributed by atoms with van der Waals surface area (Å²) in [6, 6.07) is 0. The van der Waals surface area contributed by atoms with Gasteiger partial charge in [0.05, 0.1) is 6.10 Å². The van der Waals surface area contributed by atoms with Crippen molar-refractivity contribution in [1.29, 1.82) is 0 Å². The van der Waals surface area contributed by atoms with Gasteiger partial charge in [-0.1, -0.05) is 6.08 Å². The van der Waals surface area contributed by atoms with E-state index in [4.69, 9.17) is 4.74 Å². The molecule has 0 aromatic heterocycles. The fraction of sp³-hybridized carbons (Fsp3) is 0.875. The molecule has 0 radical (unpaired) electrons. The molecule has 98 valence electrons. The lowest BCUT2D eigenvalue weighted by molar-refractivity contribution is 0.0142. The van der Waals surface area contributed by atoms with Crippen LogP contribution in [0.15, 0.2) is 12.7 Å². The lowest BCUT2D eigenvalue weighted by Gasteiger charge is -2.37. The van der Waals surface area contributed by atoms with Gasteiger partial charge < -0.3 is 4.74 Å². The van der Waals surface area contributed by atoms with Crippen LogP contribution >= 0.6 is 0 Å². The molecular weight excluding hydrogens is 208 g/mol. The highest BCUT2D eigenvalue weighted by atomic mass is 16.5. The minimum absolute atomic E-state index is 0.570. The zero-order valence-corrected chi connectivity index (χ0v) is 11.4. The molecular formula is C16H28O. The standard InChI is InChI=1S/C16H28O/c1-3-13-5-7-14(8-6-13)15-9-11-16(12-10-15)17-4-2/h3,13-16H,1,4-12H2,2H3/t13-,14-,15-,16-. The molecule has 17 heavy (non-hydrogen) atoms. The normalized spacial score (nSPS) is 38.9. The van der Waals surface area contributed by atoms with Crippen molar-refractivity contribution >= 4 is 0 Å². The van der Waals surface area contributed by atoms with Crippen LogP contribution in [0.5, 0.6) is 0 Å². The second kappa shape index (κ2) is 6.58. The van der Waals surface area contributed by atoms with Gasteiger partial charge in [0.2, 0.25) is 0 Å². The third-order valence-electron chi connectivity index (χ3n) is 4.94. The zero-order valence-electron chi connectivity index (χ0n) is 11.4. The molecule has 0 aromatic rings. The number of allylic oxidation sites excluding steroid dienone is 1. The third kappa shape index (κ3) is 3.58. The molecule has 2 aliphatic rings. The zero-order chi connectivity index (χ0) is 12.1. The number of rotatable bonds is 4. The first-order valence-electron chi connectivity index (χ1n) is 7.57. The van der Waals surface area contributed by atoms with E-state index in [9.17, 15) is 0 Å². The fourth-order valence-corrected chi connectivity index (χ4v) is 3.81. The molecule has 0 aliphatic heterocycles. The highest BCUT2D eigenvalue weighted by Crippen LogP contribution is 2.40. The Balaban J connectivity index is 1.72. The van der Waals surface area contributed by atoms with Crippen molar-refractivity contribution in [2.24, 2.45) is 17.8 Å². The van der Waals surface area contributed by atoms with Gasteiger partial charge in [-0.2, -0.15) is 0 Å². The van der Waals surface area contributed by atoms with Gasteiger partial charge in [0.15, 0.2) is 0 Å². The largest absolute Gasteiger partial charge is 0.379 e. The summed E-state index contributed by atoms with van der Waals surface area (Å²) in [4.78, 5) is 0. The quantitative estimate of drug-likeness (QED) is 0.649. The Hall–Kier alpha value is -0.300. The van der Waals surface area contributed by atoms with Crippen molar-refractivity contribution in [3.8, 4) is 0 Å². The first-order chi connectivity index (χ1) is 8.33. The van der Waals surface area contributed by atoms with Crippen LogP contribution in [0.3, 0.4) is 0 Å². The predicted octanol–water partition coefficient (Wildman–Crippen LogP) is 4.57. The van der Waals surface area contributed by atoms with Crippen molar-refractivity contribution < 1.29 is 4.74 Å². The smallest absolute Gasteiger partial charge is 0.0575 e. The summed E-state index contributed by atoms with van der Waals surface area (Å²) >= 11 is 0. The van der Waals surface area contributed by atoms with E-state index in [1.807, 2.05) is 0 Å². The van der Waals surface area contributed by atoms with Crippen molar-refractivity contribution in [1.82, 2.24) is 0 Å². The van der Waals surface area contributed by atoms with Gasteiger partial charge in [0.1, 0.15) is 0 Å². The minimum atomic E-state index is 0.570. The van der Waals surface area contributed by atoms with E-state index < -0.39 is 0 Å². The topological polar surface area (TPSA) is 9.23 Å². The predicted molar refractivity (Wildman–Crippen MR) is 73.0 cm³/mol. The lowest BCUT2D eigenvalue weighted by Crippen LogP contribution is -2.28. The Morgan fingerprint density at radius 3 is 1.94 bits per heavy atom. The SMILES string of the molecule is C=C[C@H]1CC[C@H]([C@H]2CC[C@H](OCC)CC2)CC1. The molecule has 1 nitrogen and oxygen atoms in total. The first-order valence-corrected chi connectivity index (χ1v) is 7.57. The van der Waals surface area contributed by atoms with Crippen molar-refractivity contribution in [2.75, 3.05) is 6.61 Å². The average molecular weight is 236 g/mol. The number of ether oxygens (including phenoxy) is 1. The minimum Gasteiger partial charge on any atom is -0.379 e. The van der Waals surface area contributed by atoms with Crippen molar-refractivity contribution in [3.63, 3.8) is 0 Å². The summed E-state index contributed by atoms with van der Waals surface area (Å²) in [7, 11) is 0. The van der Waals surface area contributed by atoms with Crippen LogP contribution in [0.25, 0.3) is 0 Å². The highest BCUT2D eigenvalue weighted by Gasteiger charge is 2.30. The van der Waals surface area contributed by atoms with Crippen LogP contribution in [0.4, 0.5) is 0 Å². The molecule has 0 amide bonds. The molecule has 0 atom stereocenters. The van der Waals surface area contributed by atoms with E-state index in [1.54, 1.807) is 0 Å². The lowest BCUT2D eigenvalue weighted by atomic mass is 9.70. The van der Waals surface area contributed by atoms with Gasteiger partial charge >= 0.3 is 0 Å². The van der Waals surface area contributed by atoms with Crippen LogP contribution in [-0.4, -0.2) is 12.7 Å². The molecule has 2 saturated carbocycles. The van der Waals surface area contributed by atoms with Crippen LogP contribution < -0.4 is 0 Å². The van der Waals surface area contributed by atoms with Gasteiger partial charge in [-0.15, -0.1) is 6.58 Å². The van der Waals surface area contributed by atoms with Gasteiger partial charge in [-0.05, 0) is 76.0 Å². The second-order valence-corrected chi connectivity index (χ2v) is 5.90. The molecule has 1 heteroatoms. The summed E-state index contributed by atoms with van der Waals surface area (Å²) in [5.74, 6) is 2.82. The monoisotopic (exact) mass is 236 g/mol. The molecule has 2 rings (SSSR count). The Morgan fingerprint density at radius 2 is 1.47 bits per heavy atom. The first kappa shape index (κ1) is 13.1. The average Bonchev–Trinajstić information content (AvgIpc) is 2.40. The molecule has 0 N–H and O–H groups in total. The summed E-state index contributed by atoms with van der Waals surface area (Å²) < 4.78 is 5.74. The van der Waals surface area contributed by atoms with Crippen molar-refractivity contribution in [3.05, 3.63) is 12.7 Å². The molecule has 2 aliphatic carbocycles. The maximum absolute atomic E-state index is 5.74. The van der Waals surface area contributed by atoms with Crippen molar-refractivity contribution in [2.45, 2.75) is 64.4 Å². The van der Waals surface area contributed by atoms with Gasteiger partial charge in [-0.3, -0.25) is 0 Å². The Kier molecular flexibility index (Phi) is 5.09. The Bertz CT molecular complexity index is 220. The molecule has 0 heterocycles. The maximum Gasteiger partial charge on any atom is 0.0575 e. The van der Waals surface area contributed by atoms with E-state index in [1.165, 1.54) is 51.4 Å². The van der Waals surface area contributed by atoms with E-state index in [2.05, 4.69) is 19.6 Å². The summed E-state index contributed by atoms with van der Waals surface area (Å²) in [5.41, 5.74) is 0. The van der Waals surface area contributed by atoms with Gasteiger partial charge in [0.25, 0.3) is 0 Å². The summed E-state index contributed by atoms with van der Waals surface area (Å²) in [6.45, 7) is 6.94. The van der Waals surface area contributed by atoms with Crippen LogP contribution in [0.2, 0.25) is 0 Å². The van der Waals surface area contributed by atoms with E-state index in [-0.39, 0.29) is 0 Å². The van der Waals surface area contributed by atoms with Crippen LogP contribution in [0, 0.1) is 17.8 Å². The Labute approximate surface area is 107 Å². The summed E-state index contributed by atoms with van der Waals surface area (Å²) in [6.07, 6.45) is 13.8. The second-order valence-electron chi connectivity index (χ2n) is 5.90. The molecule has 0 saturated heterocycles. The molecule has 0 spiro atoms. The molecule has 0 aromatic carbocycles. The number of hydrogen-bond donors (Lipinski definition) is 0. The molecule has 0 unspecified atom stereocenters. The molecule has 0 bridgehead atoms. The third-order valence-corrected chi connectivity index (χ3v) is 4.94. The van der Waals surface area contributed by atoms with E-state index >= 15 is 0 Å². The van der Waals surface area contributed by atoms with Gasteiger partial charge in [0, 0.05) is 6.61 Å².